The van der Waals surface area contributed by atoms with Crippen LogP contribution in [0.4, 0.5) is 10.8 Å². The topological polar surface area (TPSA) is 79.5 Å². The molecule has 21 heavy (non-hydrogen) atoms. The van der Waals surface area contributed by atoms with E-state index in [9.17, 15) is 8.42 Å². The van der Waals surface area contributed by atoms with E-state index in [1.54, 1.807) is 0 Å². The highest BCUT2D eigenvalue weighted by Crippen LogP contribution is 2.39. The number of nitrogens with two attached hydrogens (primary N) is 1. The summed E-state index contributed by atoms with van der Waals surface area (Å²) in [6, 6.07) is 8.08. The highest BCUT2D eigenvalue weighted by molar-refractivity contribution is 7.89. The van der Waals surface area contributed by atoms with Crippen molar-refractivity contribution in [1.82, 2.24) is 8.68 Å². The van der Waals surface area contributed by atoms with E-state index < -0.39 is 10.0 Å². The van der Waals surface area contributed by atoms with Gasteiger partial charge >= 0.3 is 0 Å². The molecule has 2 N–H and O–H groups in total. The molecule has 1 aliphatic rings. The third kappa shape index (κ3) is 2.29. The second kappa shape index (κ2) is 4.97. The summed E-state index contributed by atoms with van der Waals surface area (Å²) in [5.74, 6) is 0.0691. The smallest absolute Gasteiger partial charge is 0.249 e. The van der Waals surface area contributed by atoms with Crippen molar-refractivity contribution in [3.63, 3.8) is 0 Å². The van der Waals surface area contributed by atoms with Gasteiger partial charge in [-0.25, -0.2) is 12.7 Å². The fraction of sp³-hybridized carbons (Fsp3) is 0.308. The Morgan fingerprint density at radius 2 is 1.81 bits per heavy atom. The maximum Gasteiger partial charge on any atom is 0.249 e. The lowest BCUT2D eigenvalue weighted by Gasteiger charge is -2.19. The van der Waals surface area contributed by atoms with Crippen LogP contribution >= 0.6 is 11.5 Å². The van der Waals surface area contributed by atoms with Gasteiger partial charge in [-0.2, -0.15) is 4.37 Å². The number of hydrogen-bond donors (Lipinski definition) is 1. The minimum atomic E-state index is -3.61. The van der Waals surface area contributed by atoms with Gasteiger partial charge in [0.15, 0.2) is 10.7 Å². The van der Waals surface area contributed by atoms with E-state index >= 15 is 0 Å². The Kier molecular flexibility index (Phi) is 3.39. The number of benzene rings is 1. The molecule has 112 valence electrons. The number of nitrogens with zero attached hydrogens (tertiary/aromatic N) is 3. The maximum absolute atomic E-state index is 12.5. The Morgan fingerprint density at radius 3 is 2.33 bits per heavy atom. The van der Waals surface area contributed by atoms with Gasteiger partial charge < -0.3 is 10.6 Å². The minimum absolute atomic E-state index is 0.0691. The first-order valence-electron chi connectivity index (χ1n) is 6.40. The molecule has 8 heteroatoms. The van der Waals surface area contributed by atoms with Crippen LogP contribution in [0.2, 0.25) is 0 Å². The SMILES string of the molecule is CN(C)S(=O)(=O)c1c(N)nsc1N1Cc2ccccc2C1. The van der Waals surface area contributed by atoms with Crippen LogP contribution in [0.5, 0.6) is 0 Å². The number of anilines is 2. The van der Waals surface area contributed by atoms with E-state index in [0.717, 1.165) is 11.5 Å². The Labute approximate surface area is 128 Å². The van der Waals surface area contributed by atoms with Crippen LogP contribution in [0.15, 0.2) is 29.2 Å². The van der Waals surface area contributed by atoms with Crippen molar-refractivity contribution in [1.29, 1.82) is 0 Å². The molecule has 6 nitrogen and oxygen atoms in total. The predicted octanol–water partition coefficient (Wildman–Crippen LogP) is 1.50. The molecule has 0 atom stereocenters. The van der Waals surface area contributed by atoms with Crippen LogP contribution in [-0.2, 0) is 23.1 Å². The standard InChI is InChI=1S/C13H16N4O2S2/c1-16(2)21(18,19)11-12(14)15-20-13(11)17-7-9-5-3-4-6-10(9)8-17/h3-6H,7-8H2,1-2H3,(H2,14,15). The Hall–Kier alpha value is -1.64. The molecular formula is C13H16N4O2S2. The van der Waals surface area contributed by atoms with Crippen molar-refractivity contribution in [2.45, 2.75) is 18.0 Å². The highest BCUT2D eigenvalue weighted by atomic mass is 32.2. The third-order valence-corrected chi connectivity index (χ3v) is 6.46. The Bertz CT molecular complexity index is 758. The fourth-order valence-corrected chi connectivity index (χ4v) is 4.61. The van der Waals surface area contributed by atoms with E-state index in [1.165, 1.54) is 29.5 Å². The summed E-state index contributed by atoms with van der Waals surface area (Å²) in [7, 11) is -0.615. The van der Waals surface area contributed by atoms with Crippen LogP contribution in [0.1, 0.15) is 11.1 Å². The molecule has 2 aromatic rings. The average molecular weight is 324 g/mol. The molecular weight excluding hydrogens is 308 g/mol. The van der Waals surface area contributed by atoms with E-state index in [-0.39, 0.29) is 10.7 Å². The zero-order chi connectivity index (χ0) is 15.2. The summed E-state index contributed by atoms with van der Waals surface area (Å²) >= 11 is 1.13. The fourth-order valence-electron chi connectivity index (χ4n) is 2.39. The lowest BCUT2D eigenvalue weighted by Crippen LogP contribution is -2.25. The Balaban J connectivity index is 2.04. The number of aromatic nitrogens is 1. The molecule has 0 radical (unpaired) electrons. The van der Waals surface area contributed by atoms with Gasteiger partial charge in [-0.3, -0.25) is 0 Å². The molecule has 1 aliphatic heterocycles. The lowest BCUT2D eigenvalue weighted by atomic mass is 10.1. The molecule has 0 bridgehead atoms. The molecule has 0 spiro atoms. The maximum atomic E-state index is 12.5. The summed E-state index contributed by atoms with van der Waals surface area (Å²) in [5.41, 5.74) is 8.22. The monoisotopic (exact) mass is 324 g/mol. The van der Waals surface area contributed by atoms with Crippen molar-refractivity contribution in [2.75, 3.05) is 24.7 Å². The van der Waals surface area contributed by atoms with Crippen LogP contribution in [0, 0.1) is 0 Å². The number of fused-ring (bicyclic) bond motifs is 1. The number of sulfonamides is 1. The van der Waals surface area contributed by atoms with Crippen molar-refractivity contribution >= 4 is 32.4 Å². The van der Waals surface area contributed by atoms with Crippen molar-refractivity contribution in [3.05, 3.63) is 35.4 Å². The molecule has 0 unspecified atom stereocenters. The quantitative estimate of drug-likeness (QED) is 0.925. The van der Waals surface area contributed by atoms with Gasteiger partial charge in [-0.05, 0) is 22.7 Å². The van der Waals surface area contributed by atoms with Gasteiger partial charge in [0.2, 0.25) is 10.0 Å². The van der Waals surface area contributed by atoms with E-state index in [2.05, 4.69) is 16.5 Å². The molecule has 3 rings (SSSR count). The molecule has 2 heterocycles. The summed E-state index contributed by atoms with van der Waals surface area (Å²) < 4.78 is 30.1. The first-order chi connectivity index (χ1) is 9.91. The first kappa shape index (κ1) is 14.3. The molecule has 0 fully saturated rings. The van der Waals surface area contributed by atoms with E-state index in [1.807, 2.05) is 17.0 Å². The summed E-state index contributed by atoms with van der Waals surface area (Å²) in [5, 5.41) is 0.609. The molecule has 0 saturated heterocycles. The zero-order valence-electron chi connectivity index (χ0n) is 11.8. The largest absolute Gasteiger partial charge is 0.382 e. The Morgan fingerprint density at radius 1 is 1.24 bits per heavy atom. The number of rotatable bonds is 3. The molecule has 1 aromatic heterocycles. The van der Waals surface area contributed by atoms with Crippen LogP contribution in [-0.4, -0.2) is 31.2 Å². The van der Waals surface area contributed by atoms with Crippen molar-refractivity contribution < 1.29 is 8.42 Å². The first-order valence-corrected chi connectivity index (χ1v) is 8.62. The summed E-state index contributed by atoms with van der Waals surface area (Å²) in [4.78, 5) is 2.13. The van der Waals surface area contributed by atoms with Gasteiger partial charge in [0.25, 0.3) is 0 Å². The minimum Gasteiger partial charge on any atom is -0.382 e. The van der Waals surface area contributed by atoms with E-state index in [4.69, 9.17) is 5.73 Å². The predicted molar refractivity (Wildman–Crippen MR) is 83.7 cm³/mol. The van der Waals surface area contributed by atoms with Gasteiger partial charge in [-0.1, -0.05) is 24.3 Å². The zero-order valence-corrected chi connectivity index (χ0v) is 13.4. The van der Waals surface area contributed by atoms with Crippen LogP contribution < -0.4 is 10.6 Å². The highest BCUT2D eigenvalue weighted by Gasteiger charge is 2.32. The molecule has 0 amide bonds. The summed E-state index contributed by atoms with van der Waals surface area (Å²) in [6.45, 7) is 1.35. The number of nitrogen functional groups attached to an aromatic ring is 1. The molecule has 1 aromatic carbocycles. The normalized spacial score (nSPS) is 14.7. The third-order valence-electron chi connectivity index (χ3n) is 3.52. The second-order valence-electron chi connectivity index (χ2n) is 5.11. The van der Waals surface area contributed by atoms with Gasteiger partial charge in [-0.15, -0.1) is 0 Å². The van der Waals surface area contributed by atoms with Gasteiger partial charge in [0, 0.05) is 27.2 Å². The van der Waals surface area contributed by atoms with Crippen molar-refractivity contribution in [2.24, 2.45) is 0 Å². The summed E-state index contributed by atoms with van der Waals surface area (Å²) in [6.07, 6.45) is 0. The van der Waals surface area contributed by atoms with Gasteiger partial charge in [0.1, 0.15) is 5.00 Å². The van der Waals surface area contributed by atoms with Gasteiger partial charge in [0.05, 0.1) is 0 Å². The average Bonchev–Trinajstić information content (AvgIpc) is 3.01. The molecule has 0 saturated carbocycles. The molecule has 0 aliphatic carbocycles. The second-order valence-corrected chi connectivity index (χ2v) is 7.95. The lowest BCUT2D eigenvalue weighted by molar-refractivity contribution is 0.521. The van der Waals surface area contributed by atoms with Crippen LogP contribution in [0.25, 0.3) is 0 Å². The number of hydrogen-bond acceptors (Lipinski definition) is 6. The van der Waals surface area contributed by atoms with Crippen LogP contribution in [0.3, 0.4) is 0 Å². The van der Waals surface area contributed by atoms with E-state index in [0.29, 0.717) is 18.1 Å². The van der Waals surface area contributed by atoms with Crippen molar-refractivity contribution in [3.8, 4) is 0 Å².